The lowest BCUT2D eigenvalue weighted by molar-refractivity contribution is 0.251. The molecule has 7 heteroatoms. The third-order valence-corrected chi connectivity index (χ3v) is 3.99. The van der Waals surface area contributed by atoms with Crippen molar-refractivity contribution in [3.8, 4) is 23.0 Å². The van der Waals surface area contributed by atoms with Gasteiger partial charge in [0.05, 0.1) is 20.8 Å². The van der Waals surface area contributed by atoms with Gasteiger partial charge in [-0.05, 0) is 55.5 Å². The van der Waals surface area contributed by atoms with Crippen molar-refractivity contribution in [3.63, 3.8) is 0 Å². The third kappa shape index (κ3) is 4.58. The zero-order valence-electron chi connectivity index (χ0n) is 15.4. The molecule has 2 aromatic carbocycles. The van der Waals surface area contributed by atoms with Gasteiger partial charge in [-0.25, -0.2) is 9.78 Å². The fourth-order valence-electron chi connectivity index (χ4n) is 2.46. The number of ether oxygens (including phenoxy) is 2. The van der Waals surface area contributed by atoms with E-state index < -0.39 is 0 Å². The van der Waals surface area contributed by atoms with Crippen LogP contribution in [-0.2, 0) is 6.54 Å². The SMILES string of the molecule is COc1ccc(NC(=O)NCc2nc(-c3ccc(OC)cc3)oc2C)cc1. The van der Waals surface area contributed by atoms with Crippen LogP contribution in [0.5, 0.6) is 11.5 Å². The number of aryl methyl sites for hydroxylation is 1. The average molecular weight is 367 g/mol. The zero-order chi connectivity index (χ0) is 19.2. The first-order valence-corrected chi connectivity index (χ1v) is 8.38. The largest absolute Gasteiger partial charge is 0.497 e. The Balaban J connectivity index is 1.60. The number of nitrogens with one attached hydrogen (secondary N) is 2. The molecule has 1 heterocycles. The van der Waals surface area contributed by atoms with Gasteiger partial charge in [-0.3, -0.25) is 0 Å². The summed E-state index contributed by atoms with van der Waals surface area (Å²) in [6.07, 6.45) is 0. The van der Waals surface area contributed by atoms with E-state index in [1.165, 1.54) is 0 Å². The number of aromatic nitrogens is 1. The van der Waals surface area contributed by atoms with Gasteiger partial charge in [0.15, 0.2) is 0 Å². The summed E-state index contributed by atoms with van der Waals surface area (Å²) in [5.41, 5.74) is 2.18. The number of rotatable bonds is 6. The Morgan fingerprint density at radius 1 is 1.00 bits per heavy atom. The van der Waals surface area contributed by atoms with Crippen molar-refractivity contribution in [1.82, 2.24) is 10.3 Å². The van der Waals surface area contributed by atoms with E-state index in [0.29, 0.717) is 23.0 Å². The number of carbonyl (C=O) groups is 1. The second kappa shape index (κ2) is 8.27. The zero-order valence-corrected chi connectivity index (χ0v) is 15.4. The Kier molecular flexibility index (Phi) is 5.61. The van der Waals surface area contributed by atoms with Gasteiger partial charge in [0.2, 0.25) is 5.89 Å². The third-order valence-electron chi connectivity index (χ3n) is 3.99. The summed E-state index contributed by atoms with van der Waals surface area (Å²) < 4.78 is 16.0. The first-order valence-electron chi connectivity index (χ1n) is 8.38. The molecule has 27 heavy (non-hydrogen) atoms. The van der Waals surface area contributed by atoms with Crippen molar-refractivity contribution in [3.05, 3.63) is 60.0 Å². The van der Waals surface area contributed by atoms with Crippen LogP contribution in [0.3, 0.4) is 0 Å². The fraction of sp³-hybridized carbons (Fsp3) is 0.200. The van der Waals surface area contributed by atoms with E-state index in [2.05, 4.69) is 15.6 Å². The molecule has 0 atom stereocenters. The minimum atomic E-state index is -0.325. The highest BCUT2D eigenvalue weighted by Gasteiger charge is 2.12. The summed E-state index contributed by atoms with van der Waals surface area (Å²) in [6.45, 7) is 2.08. The number of urea groups is 1. The van der Waals surface area contributed by atoms with Crippen LogP contribution in [0.2, 0.25) is 0 Å². The number of carbonyl (C=O) groups excluding carboxylic acids is 1. The number of nitrogens with zero attached hydrogens (tertiary/aromatic N) is 1. The van der Waals surface area contributed by atoms with Gasteiger partial charge in [-0.2, -0.15) is 0 Å². The Morgan fingerprint density at radius 3 is 2.19 bits per heavy atom. The Hall–Kier alpha value is -3.48. The van der Waals surface area contributed by atoms with E-state index in [1.807, 2.05) is 31.2 Å². The topological polar surface area (TPSA) is 85.6 Å². The summed E-state index contributed by atoms with van der Waals surface area (Å²) >= 11 is 0. The van der Waals surface area contributed by atoms with Crippen LogP contribution in [0.25, 0.3) is 11.5 Å². The number of hydrogen-bond acceptors (Lipinski definition) is 5. The van der Waals surface area contributed by atoms with E-state index >= 15 is 0 Å². The molecule has 0 aliphatic rings. The molecule has 0 fully saturated rings. The van der Waals surface area contributed by atoms with Gasteiger partial charge in [0, 0.05) is 11.3 Å². The van der Waals surface area contributed by atoms with E-state index in [9.17, 15) is 4.79 Å². The number of oxazole rings is 1. The average Bonchev–Trinajstić information content (AvgIpc) is 3.07. The molecule has 0 bridgehead atoms. The second-order valence-corrected chi connectivity index (χ2v) is 5.79. The summed E-state index contributed by atoms with van der Waals surface area (Å²) in [4.78, 5) is 16.5. The molecule has 3 aromatic rings. The lowest BCUT2D eigenvalue weighted by Crippen LogP contribution is -2.28. The normalized spacial score (nSPS) is 10.3. The van der Waals surface area contributed by atoms with Gasteiger partial charge in [0.1, 0.15) is 23.0 Å². The molecule has 1 aromatic heterocycles. The highest BCUT2D eigenvalue weighted by molar-refractivity contribution is 5.89. The first-order chi connectivity index (χ1) is 13.1. The van der Waals surface area contributed by atoms with E-state index in [1.54, 1.807) is 38.5 Å². The van der Waals surface area contributed by atoms with Gasteiger partial charge < -0.3 is 24.5 Å². The molecule has 0 aliphatic heterocycles. The quantitative estimate of drug-likeness (QED) is 0.688. The van der Waals surface area contributed by atoms with Crippen molar-refractivity contribution >= 4 is 11.7 Å². The summed E-state index contributed by atoms with van der Waals surface area (Å²) in [5.74, 6) is 2.65. The molecular weight excluding hydrogens is 346 g/mol. The number of methoxy groups -OCH3 is 2. The minimum absolute atomic E-state index is 0.257. The van der Waals surface area contributed by atoms with Crippen molar-refractivity contribution in [2.24, 2.45) is 0 Å². The smallest absolute Gasteiger partial charge is 0.319 e. The standard InChI is InChI=1S/C20H21N3O4/c1-13-18(23-19(27-13)14-4-8-16(25-2)9-5-14)12-21-20(24)22-15-6-10-17(26-3)11-7-15/h4-11H,12H2,1-3H3,(H2,21,22,24). The second-order valence-electron chi connectivity index (χ2n) is 5.79. The number of hydrogen-bond donors (Lipinski definition) is 2. The van der Waals surface area contributed by atoms with Crippen molar-refractivity contribution in [2.75, 3.05) is 19.5 Å². The van der Waals surface area contributed by atoms with Crippen LogP contribution in [0.15, 0.2) is 52.9 Å². The van der Waals surface area contributed by atoms with Crippen LogP contribution >= 0.6 is 0 Å². The van der Waals surface area contributed by atoms with Crippen molar-refractivity contribution < 1.29 is 18.7 Å². The molecule has 3 rings (SSSR count). The van der Waals surface area contributed by atoms with E-state index in [-0.39, 0.29) is 12.6 Å². The van der Waals surface area contributed by atoms with Gasteiger partial charge >= 0.3 is 6.03 Å². The van der Waals surface area contributed by atoms with Crippen molar-refractivity contribution in [1.29, 1.82) is 0 Å². The molecule has 0 saturated carbocycles. The van der Waals surface area contributed by atoms with Gasteiger partial charge in [0.25, 0.3) is 0 Å². The van der Waals surface area contributed by atoms with Gasteiger partial charge in [-0.15, -0.1) is 0 Å². The summed E-state index contributed by atoms with van der Waals surface area (Å²) in [5, 5.41) is 5.53. The first kappa shape index (κ1) is 18.3. The van der Waals surface area contributed by atoms with Crippen LogP contribution in [-0.4, -0.2) is 25.2 Å². The molecule has 0 aliphatic carbocycles. The molecule has 2 amide bonds. The molecule has 7 nitrogen and oxygen atoms in total. The summed E-state index contributed by atoms with van der Waals surface area (Å²) in [6, 6.07) is 14.2. The molecule has 140 valence electrons. The van der Waals surface area contributed by atoms with Crippen LogP contribution in [0, 0.1) is 6.92 Å². The van der Waals surface area contributed by atoms with E-state index in [0.717, 1.165) is 17.1 Å². The predicted molar refractivity (Wildman–Crippen MR) is 102 cm³/mol. The Labute approximate surface area is 157 Å². The number of anilines is 1. The van der Waals surface area contributed by atoms with Crippen molar-refractivity contribution in [2.45, 2.75) is 13.5 Å². The lowest BCUT2D eigenvalue weighted by Gasteiger charge is -2.07. The maximum Gasteiger partial charge on any atom is 0.319 e. The maximum atomic E-state index is 12.1. The summed E-state index contributed by atoms with van der Waals surface area (Å²) in [7, 11) is 3.21. The lowest BCUT2D eigenvalue weighted by atomic mass is 10.2. The Bertz CT molecular complexity index is 902. The molecular formula is C20H21N3O4. The number of amides is 2. The molecule has 0 saturated heterocycles. The minimum Gasteiger partial charge on any atom is -0.497 e. The van der Waals surface area contributed by atoms with Crippen LogP contribution in [0.4, 0.5) is 10.5 Å². The number of benzene rings is 2. The predicted octanol–water partition coefficient (Wildman–Crippen LogP) is 3.99. The highest BCUT2D eigenvalue weighted by Crippen LogP contribution is 2.24. The van der Waals surface area contributed by atoms with Gasteiger partial charge in [-0.1, -0.05) is 0 Å². The maximum absolute atomic E-state index is 12.1. The molecule has 2 N–H and O–H groups in total. The fourth-order valence-corrected chi connectivity index (χ4v) is 2.46. The monoisotopic (exact) mass is 367 g/mol. The molecule has 0 spiro atoms. The highest BCUT2D eigenvalue weighted by atomic mass is 16.5. The van der Waals surface area contributed by atoms with Crippen LogP contribution < -0.4 is 20.1 Å². The van der Waals surface area contributed by atoms with E-state index in [4.69, 9.17) is 13.9 Å². The molecule has 0 radical (unpaired) electrons. The van der Waals surface area contributed by atoms with Crippen LogP contribution in [0.1, 0.15) is 11.5 Å². The Morgan fingerprint density at radius 2 is 1.59 bits per heavy atom. The molecule has 0 unspecified atom stereocenters.